The van der Waals surface area contributed by atoms with Gasteiger partial charge in [0.05, 0.1) is 28.3 Å². The normalized spacial score (nSPS) is 16.3. The fourth-order valence-electron chi connectivity index (χ4n) is 5.83. The summed E-state index contributed by atoms with van der Waals surface area (Å²) < 4.78 is 12.5. The summed E-state index contributed by atoms with van der Waals surface area (Å²) in [7, 11) is 0. The summed E-state index contributed by atoms with van der Waals surface area (Å²) in [6, 6.07) is 19.1. The van der Waals surface area contributed by atoms with Crippen LogP contribution in [0.2, 0.25) is 10.0 Å². The maximum atomic E-state index is 11.9. The van der Waals surface area contributed by atoms with Crippen LogP contribution < -0.4 is 9.47 Å². The van der Waals surface area contributed by atoms with Gasteiger partial charge in [-0.3, -0.25) is 14.7 Å². The van der Waals surface area contributed by atoms with Crippen molar-refractivity contribution in [3.05, 3.63) is 99.3 Å². The number of fused-ring (bicyclic) bond motifs is 1. The number of likely N-dealkylation sites (tertiary alicyclic amines) is 1. The third-order valence-corrected chi connectivity index (χ3v) is 8.65. The van der Waals surface area contributed by atoms with E-state index in [9.17, 15) is 15.2 Å². The highest BCUT2D eigenvalue weighted by molar-refractivity contribution is 6.35. The molecule has 1 atom stereocenters. The van der Waals surface area contributed by atoms with Crippen molar-refractivity contribution in [3.8, 4) is 39.8 Å². The van der Waals surface area contributed by atoms with Crippen LogP contribution in [0.3, 0.4) is 0 Å². The molecule has 218 valence electrons. The van der Waals surface area contributed by atoms with Gasteiger partial charge in [0, 0.05) is 48.7 Å². The van der Waals surface area contributed by atoms with Crippen molar-refractivity contribution in [2.45, 2.75) is 31.5 Å². The Kier molecular flexibility index (Phi) is 8.64. The Hall–Kier alpha value is -3.93. The first-order valence-electron chi connectivity index (χ1n) is 14.2. The summed E-state index contributed by atoms with van der Waals surface area (Å²) in [6.07, 6.45) is 5.77. The molecule has 9 heteroatoms. The second-order valence-corrected chi connectivity index (χ2v) is 11.6. The number of hydrogen-bond acceptors (Lipinski definition) is 7. The van der Waals surface area contributed by atoms with Crippen LogP contribution in [-0.4, -0.2) is 53.6 Å². The minimum Gasteiger partial charge on any atom is -0.492 e. The molecule has 3 aromatic carbocycles. The van der Waals surface area contributed by atoms with Gasteiger partial charge in [0.25, 0.3) is 0 Å². The molecule has 1 fully saturated rings. The highest BCUT2D eigenvalue weighted by Gasteiger charge is 2.29. The molecule has 1 aliphatic heterocycles. The third-order valence-electron chi connectivity index (χ3n) is 7.96. The van der Waals surface area contributed by atoms with Crippen LogP contribution in [0.1, 0.15) is 46.0 Å². The molecule has 0 bridgehead atoms. The highest BCUT2D eigenvalue weighted by Crippen LogP contribution is 2.45. The van der Waals surface area contributed by atoms with Gasteiger partial charge in [0.2, 0.25) is 0 Å². The van der Waals surface area contributed by atoms with Crippen LogP contribution >= 0.6 is 23.2 Å². The van der Waals surface area contributed by atoms with E-state index in [0.717, 1.165) is 67.4 Å². The SMILES string of the molecule is N#Cc1cncc(-c2cc(O[C@H]3CCc4c(-c5cccc(OCCCN6CC(O)C6)c5Cl)cccc43)c(Cl)cc2C=O)c1. The second-order valence-electron chi connectivity index (χ2n) is 10.8. The van der Waals surface area contributed by atoms with Gasteiger partial charge in [-0.25, -0.2) is 0 Å². The number of hydrogen-bond donors (Lipinski definition) is 1. The molecule has 1 aliphatic carbocycles. The number of carbonyl (C=O) groups is 1. The fraction of sp³-hybridized carbons (Fsp3) is 0.265. The summed E-state index contributed by atoms with van der Waals surface area (Å²) >= 11 is 13.5. The molecule has 0 saturated carbocycles. The molecule has 2 aliphatic rings. The summed E-state index contributed by atoms with van der Waals surface area (Å²) in [6.45, 7) is 2.88. The maximum absolute atomic E-state index is 11.9. The van der Waals surface area contributed by atoms with Crippen LogP contribution in [0, 0.1) is 11.3 Å². The first-order valence-corrected chi connectivity index (χ1v) is 15.0. The monoisotopic (exact) mass is 613 g/mol. The Morgan fingerprint density at radius 3 is 2.65 bits per heavy atom. The average Bonchev–Trinajstić information content (AvgIpc) is 3.42. The van der Waals surface area contributed by atoms with E-state index in [1.807, 2.05) is 24.3 Å². The minimum atomic E-state index is -0.246. The number of aliphatic hydroxyl groups is 1. The van der Waals surface area contributed by atoms with Crippen LogP contribution in [0.4, 0.5) is 0 Å². The van der Waals surface area contributed by atoms with E-state index >= 15 is 0 Å². The quantitative estimate of drug-likeness (QED) is 0.153. The molecule has 2 heterocycles. The van der Waals surface area contributed by atoms with Gasteiger partial charge in [0.1, 0.15) is 23.7 Å². The van der Waals surface area contributed by atoms with E-state index in [-0.39, 0.29) is 12.2 Å². The second kappa shape index (κ2) is 12.7. The Labute approximate surface area is 260 Å². The van der Waals surface area contributed by atoms with Gasteiger partial charge in [-0.05, 0) is 65.8 Å². The zero-order valence-electron chi connectivity index (χ0n) is 23.3. The summed E-state index contributed by atoms with van der Waals surface area (Å²) in [5.74, 6) is 1.10. The number of rotatable bonds is 10. The van der Waals surface area contributed by atoms with Gasteiger partial charge < -0.3 is 14.6 Å². The molecule has 1 N–H and O–H groups in total. The van der Waals surface area contributed by atoms with Crippen LogP contribution in [-0.2, 0) is 6.42 Å². The molecule has 0 unspecified atom stereocenters. The molecule has 0 amide bonds. The number of halogens is 2. The van der Waals surface area contributed by atoms with Gasteiger partial charge in [-0.1, -0.05) is 53.5 Å². The molecule has 1 aromatic heterocycles. The van der Waals surface area contributed by atoms with Crippen LogP contribution in [0.15, 0.2) is 67.0 Å². The molecule has 43 heavy (non-hydrogen) atoms. The fourth-order valence-corrected chi connectivity index (χ4v) is 6.32. The number of aromatic nitrogens is 1. The van der Waals surface area contributed by atoms with E-state index in [1.54, 1.807) is 24.4 Å². The van der Waals surface area contributed by atoms with Crippen molar-refractivity contribution in [2.75, 3.05) is 26.2 Å². The molecule has 0 spiro atoms. The van der Waals surface area contributed by atoms with Crippen molar-refractivity contribution in [1.29, 1.82) is 5.26 Å². The Morgan fingerprint density at radius 1 is 1.05 bits per heavy atom. The smallest absolute Gasteiger partial charge is 0.150 e. The van der Waals surface area contributed by atoms with E-state index in [4.69, 9.17) is 32.7 Å². The van der Waals surface area contributed by atoms with E-state index in [1.165, 1.54) is 6.20 Å². The Morgan fingerprint density at radius 2 is 1.86 bits per heavy atom. The molecule has 7 nitrogen and oxygen atoms in total. The number of ether oxygens (including phenoxy) is 2. The lowest BCUT2D eigenvalue weighted by atomic mass is 9.96. The minimum absolute atomic E-state index is 0.201. The van der Waals surface area contributed by atoms with Crippen LogP contribution in [0.25, 0.3) is 22.3 Å². The lowest BCUT2D eigenvalue weighted by Gasteiger charge is -2.35. The summed E-state index contributed by atoms with van der Waals surface area (Å²) in [5.41, 5.74) is 6.17. The zero-order valence-corrected chi connectivity index (χ0v) is 24.8. The van der Waals surface area contributed by atoms with E-state index in [2.05, 4.69) is 28.1 Å². The summed E-state index contributed by atoms with van der Waals surface area (Å²) in [4.78, 5) is 18.2. The number of pyridine rings is 1. The van der Waals surface area contributed by atoms with Crippen molar-refractivity contribution in [3.63, 3.8) is 0 Å². The number of β-amino-alcohol motifs (C(OH)–C–C–N with tert-alkyl or cyclic N) is 1. The predicted octanol–water partition coefficient (Wildman–Crippen LogP) is 6.92. The number of aliphatic hydroxyl groups excluding tert-OH is 1. The molecular weight excluding hydrogens is 585 g/mol. The zero-order chi connectivity index (χ0) is 29.9. The predicted molar refractivity (Wildman–Crippen MR) is 166 cm³/mol. The van der Waals surface area contributed by atoms with Crippen molar-refractivity contribution in [2.24, 2.45) is 0 Å². The van der Waals surface area contributed by atoms with Crippen molar-refractivity contribution < 1.29 is 19.4 Å². The van der Waals surface area contributed by atoms with Gasteiger partial charge >= 0.3 is 0 Å². The van der Waals surface area contributed by atoms with Crippen molar-refractivity contribution >= 4 is 29.5 Å². The lowest BCUT2D eigenvalue weighted by Crippen LogP contribution is -2.50. The maximum Gasteiger partial charge on any atom is 0.150 e. The Balaban J connectivity index is 1.23. The molecule has 0 radical (unpaired) electrons. The lowest BCUT2D eigenvalue weighted by molar-refractivity contribution is 0.0000493. The Bertz CT molecular complexity index is 1710. The van der Waals surface area contributed by atoms with Gasteiger partial charge in [-0.15, -0.1) is 0 Å². The van der Waals surface area contributed by atoms with Gasteiger partial charge in [-0.2, -0.15) is 5.26 Å². The number of benzene rings is 3. The number of carbonyl (C=O) groups excluding carboxylic acids is 1. The first kappa shape index (κ1) is 29.2. The highest BCUT2D eigenvalue weighted by atomic mass is 35.5. The number of aldehydes is 1. The number of nitrogens with zero attached hydrogens (tertiary/aromatic N) is 3. The van der Waals surface area contributed by atoms with Crippen LogP contribution in [0.5, 0.6) is 11.5 Å². The van der Waals surface area contributed by atoms with E-state index in [0.29, 0.717) is 50.4 Å². The first-order chi connectivity index (χ1) is 20.9. The molecule has 4 aromatic rings. The molecule has 1 saturated heterocycles. The molecule has 6 rings (SSSR count). The van der Waals surface area contributed by atoms with Crippen molar-refractivity contribution in [1.82, 2.24) is 9.88 Å². The average molecular weight is 615 g/mol. The topological polar surface area (TPSA) is 95.7 Å². The largest absolute Gasteiger partial charge is 0.492 e. The van der Waals surface area contributed by atoms with E-state index < -0.39 is 0 Å². The molecular formula is C34H29Cl2N3O4. The number of nitriles is 1. The standard InChI is InChI=1S/C34H29Cl2N3O4/c35-30-13-23(20-40)29(22-12-21(15-37)16-38-17-22)14-33(30)43-31-9-8-26-25(4-1-5-27(26)31)28-6-2-7-32(34(28)36)42-11-3-10-39-18-24(41)19-39/h1-2,4-7,12-14,16-17,20,24,31,41H,3,8-11,18-19H2/t31-/m0/s1. The summed E-state index contributed by atoms with van der Waals surface area (Å²) in [5, 5.41) is 19.7. The third kappa shape index (κ3) is 6.11. The van der Waals surface area contributed by atoms with Gasteiger partial charge in [0.15, 0.2) is 6.29 Å².